The van der Waals surface area contributed by atoms with Crippen LogP contribution in [-0.4, -0.2) is 30.9 Å². The Kier molecular flexibility index (Phi) is 5.03. The molecule has 134 valence electrons. The highest BCUT2D eigenvalue weighted by Gasteiger charge is 2.29. The van der Waals surface area contributed by atoms with Crippen molar-refractivity contribution in [2.75, 3.05) is 5.32 Å². The van der Waals surface area contributed by atoms with Gasteiger partial charge in [-0.1, -0.05) is 17.7 Å². The number of rotatable bonds is 5. The van der Waals surface area contributed by atoms with Crippen molar-refractivity contribution in [3.8, 4) is 0 Å². The van der Waals surface area contributed by atoms with Gasteiger partial charge in [0, 0.05) is 0 Å². The van der Waals surface area contributed by atoms with Crippen LogP contribution < -0.4 is 11.1 Å². The molecule has 0 aliphatic rings. The quantitative estimate of drug-likeness (QED) is 0.725. The summed E-state index contributed by atoms with van der Waals surface area (Å²) in [4.78, 5) is 23.6. The first-order valence-corrected chi connectivity index (χ1v) is 9.52. The minimum Gasteiger partial charge on any atom is -0.381 e. The molecule has 0 saturated carbocycles. The summed E-state index contributed by atoms with van der Waals surface area (Å²) >= 11 is 0.706. The van der Waals surface area contributed by atoms with Crippen molar-refractivity contribution < 1.29 is 23.1 Å². The fourth-order valence-corrected chi connectivity index (χ4v) is 4.63. The summed E-state index contributed by atoms with van der Waals surface area (Å²) in [5.41, 5.74) is 4.35. The van der Waals surface area contributed by atoms with Gasteiger partial charge in [0.1, 0.15) is 14.8 Å². The molecule has 0 spiro atoms. The zero-order chi connectivity index (χ0) is 19.0. The van der Waals surface area contributed by atoms with Crippen LogP contribution in [0, 0.1) is 6.92 Å². The monoisotopic (exact) mass is 382 g/mol. The number of anilines is 1. The van der Waals surface area contributed by atoms with E-state index in [1.807, 2.05) is 6.92 Å². The molecule has 7 nitrogen and oxygen atoms in total. The highest BCUT2D eigenvalue weighted by Crippen LogP contribution is 2.35. The largest absolute Gasteiger partial charge is 0.381 e. The molecule has 0 unspecified atom stereocenters. The summed E-state index contributed by atoms with van der Waals surface area (Å²) in [7, 11) is -3.87. The maximum atomic E-state index is 12.7. The van der Waals surface area contributed by atoms with E-state index in [1.54, 1.807) is 12.1 Å². The third-order valence-corrected chi connectivity index (χ3v) is 6.65. The number of primary amides is 1. The van der Waals surface area contributed by atoms with E-state index in [2.05, 4.69) is 5.32 Å². The molecular formula is C16H18N2O5S2. The number of carbonyl (C=O) groups excluding carboxylic acids is 2. The number of hydrogen-bond acceptors (Lipinski definition) is 6. The summed E-state index contributed by atoms with van der Waals surface area (Å²) in [5, 5.41) is 12.0. The number of aryl methyl sites for hydroxylation is 1. The van der Waals surface area contributed by atoms with Gasteiger partial charge in [0.2, 0.25) is 9.84 Å². The van der Waals surface area contributed by atoms with Crippen LogP contribution >= 0.6 is 11.3 Å². The SMILES string of the molecule is Cc1ccc(S(=O)(=O)c2cc(C(N)=O)c(NC(=O)C(C)(C)O)s2)cc1. The summed E-state index contributed by atoms with van der Waals surface area (Å²) < 4.78 is 25.3. The van der Waals surface area contributed by atoms with Crippen LogP contribution in [0.25, 0.3) is 0 Å². The normalized spacial score (nSPS) is 12.0. The van der Waals surface area contributed by atoms with Gasteiger partial charge >= 0.3 is 0 Å². The van der Waals surface area contributed by atoms with Crippen molar-refractivity contribution in [1.29, 1.82) is 0 Å². The molecular weight excluding hydrogens is 364 g/mol. The van der Waals surface area contributed by atoms with Gasteiger partial charge < -0.3 is 16.2 Å². The third kappa shape index (κ3) is 4.06. The molecule has 1 aromatic carbocycles. The molecule has 25 heavy (non-hydrogen) atoms. The second-order valence-corrected chi connectivity index (χ2v) is 9.23. The molecule has 4 N–H and O–H groups in total. The lowest BCUT2D eigenvalue weighted by molar-refractivity contribution is -0.130. The number of aliphatic hydroxyl groups is 1. The lowest BCUT2D eigenvalue weighted by Crippen LogP contribution is -2.36. The molecule has 2 rings (SSSR count). The predicted octanol–water partition coefficient (Wildman–Crippen LogP) is 1.70. The summed E-state index contributed by atoms with van der Waals surface area (Å²) in [6.07, 6.45) is 0. The number of benzene rings is 1. The predicted molar refractivity (Wildman–Crippen MR) is 94.4 cm³/mol. The van der Waals surface area contributed by atoms with Crippen molar-refractivity contribution in [2.24, 2.45) is 5.73 Å². The average molecular weight is 382 g/mol. The van der Waals surface area contributed by atoms with Crippen LogP contribution in [0.15, 0.2) is 39.4 Å². The van der Waals surface area contributed by atoms with Crippen LogP contribution in [-0.2, 0) is 14.6 Å². The molecule has 9 heteroatoms. The Morgan fingerprint density at radius 1 is 1.20 bits per heavy atom. The first-order chi connectivity index (χ1) is 11.4. The lowest BCUT2D eigenvalue weighted by Gasteiger charge is -2.16. The zero-order valence-corrected chi connectivity index (χ0v) is 15.5. The standard InChI is InChI=1S/C16H18N2O5S2/c1-9-4-6-10(7-5-9)25(22,23)12-8-11(13(17)19)14(24-12)18-15(20)16(2,3)21/h4-8,21H,1-3H3,(H2,17,19)(H,18,20). The van der Waals surface area contributed by atoms with Crippen molar-refractivity contribution in [1.82, 2.24) is 0 Å². The van der Waals surface area contributed by atoms with Crippen molar-refractivity contribution in [3.05, 3.63) is 41.5 Å². The Labute approximate surface area is 149 Å². The molecule has 0 bridgehead atoms. The van der Waals surface area contributed by atoms with E-state index in [0.29, 0.717) is 11.3 Å². The van der Waals surface area contributed by atoms with Gasteiger partial charge in [0.05, 0.1) is 10.5 Å². The highest BCUT2D eigenvalue weighted by atomic mass is 32.2. The Balaban J connectivity index is 2.50. The van der Waals surface area contributed by atoms with E-state index >= 15 is 0 Å². The van der Waals surface area contributed by atoms with Gasteiger partial charge in [-0.3, -0.25) is 9.59 Å². The number of thiophene rings is 1. The highest BCUT2D eigenvalue weighted by molar-refractivity contribution is 7.93. The van der Waals surface area contributed by atoms with Crippen LogP contribution in [0.3, 0.4) is 0 Å². The van der Waals surface area contributed by atoms with Gasteiger partial charge in [0.25, 0.3) is 11.8 Å². The fourth-order valence-electron chi connectivity index (χ4n) is 1.87. The minimum absolute atomic E-state index is 0.0229. The Hall–Kier alpha value is -2.23. The van der Waals surface area contributed by atoms with E-state index in [-0.39, 0.29) is 19.7 Å². The molecule has 2 aromatic rings. The maximum Gasteiger partial charge on any atom is 0.256 e. The number of carbonyl (C=O) groups is 2. The second kappa shape index (κ2) is 6.58. The summed E-state index contributed by atoms with van der Waals surface area (Å²) in [6, 6.07) is 7.37. The van der Waals surface area contributed by atoms with Gasteiger partial charge in [0.15, 0.2) is 0 Å². The number of nitrogens with two attached hydrogens (primary N) is 1. The van der Waals surface area contributed by atoms with Crippen molar-refractivity contribution in [2.45, 2.75) is 35.5 Å². The topological polar surface area (TPSA) is 127 Å². The maximum absolute atomic E-state index is 12.7. The number of amides is 2. The smallest absolute Gasteiger partial charge is 0.256 e. The van der Waals surface area contributed by atoms with E-state index < -0.39 is 27.3 Å². The molecule has 0 aliphatic carbocycles. The molecule has 0 radical (unpaired) electrons. The van der Waals surface area contributed by atoms with E-state index in [0.717, 1.165) is 11.6 Å². The molecule has 0 atom stereocenters. The second-order valence-electron chi connectivity index (χ2n) is 6.00. The van der Waals surface area contributed by atoms with Crippen molar-refractivity contribution >= 4 is 38.0 Å². The molecule has 0 fully saturated rings. The van der Waals surface area contributed by atoms with E-state index in [1.165, 1.54) is 26.0 Å². The van der Waals surface area contributed by atoms with Crippen LogP contribution in [0.2, 0.25) is 0 Å². The average Bonchev–Trinajstić information content (AvgIpc) is 2.91. The molecule has 0 saturated heterocycles. The van der Waals surface area contributed by atoms with Gasteiger partial charge in [-0.05, 0) is 39.0 Å². The Morgan fingerprint density at radius 2 is 1.76 bits per heavy atom. The summed E-state index contributed by atoms with van der Waals surface area (Å²) in [5.74, 6) is -1.66. The summed E-state index contributed by atoms with van der Waals surface area (Å²) in [6.45, 7) is 4.37. The molecule has 0 aliphatic heterocycles. The van der Waals surface area contributed by atoms with Gasteiger partial charge in [-0.25, -0.2) is 8.42 Å². The fraction of sp³-hybridized carbons (Fsp3) is 0.250. The Bertz CT molecular complexity index is 922. The van der Waals surface area contributed by atoms with Crippen LogP contribution in [0.5, 0.6) is 0 Å². The number of nitrogens with one attached hydrogen (secondary N) is 1. The van der Waals surface area contributed by atoms with Gasteiger partial charge in [-0.2, -0.15) is 0 Å². The molecule has 1 aromatic heterocycles. The molecule has 2 amide bonds. The number of hydrogen-bond donors (Lipinski definition) is 3. The third-order valence-electron chi connectivity index (χ3n) is 3.35. The Morgan fingerprint density at radius 3 is 2.24 bits per heavy atom. The first kappa shape index (κ1) is 19.1. The van der Waals surface area contributed by atoms with E-state index in [9.17, 15) is 23.1 Å². The van der Waals surface area contributed by atoms with Gasteiger partial charge in [-0.15, -0.1) is 11.3 Å². The number of sulfone groups is 1. The van der Waals surface area contributed by atoms with Crippen molar-refractivity contribution in [3.63, 3.8) is 0 Å². The van der Waals surface area contributed by atoms with Crippen LogP contribution in [0.1, 0.15) is 29.8 Å². The zero-order valence-electron chi connectivity index (χ0n) is 13.9. The van der Waals surface area contributed by atoms with Crippen LogP contribution in [0.4, 0.5) is 5.00 Å². The first-order valence-electron chi connectivity index (χ1n) is 7.22. The molecule has 1 heterocycles. The lowest BCUT2D eigenvalue weighted by atomic mass is 10.1. The minimum atomic E-state index is -3.87. The van der Waals surface area contributed by atoms with E-state index in [4.69, 9.17) is 5.73 Å².